The minimum atomic E-state index is -0.996. The standard InChI is InChI=1S/C15H11BrN4O4/c16-11-5-3-6-12(8-11)18-14(21)15(22)19-17-9-10-4-1-2-7-13(10)20(23)24/h1-9H,(H,18,21)(H,19,22)/b17-9+. The Morgan fingerprint density at radius 3 is 2.58 bits per heavy atom. The molecule has 0 bridgehead atoms. The molecule has 0 atom stereocenters. The van der Waals surface area contributed by atoms with E-state index in [0.717, 1.165) is 10.7 Å². The lowest BCUT2D eigenvalue weighted by molar-refractivity contribution is -0.385. The maximum Gasteiger partial charge on any atom is 0.329 e. The Balaban J connectivity index is 1.98. The molecule has 24 heavy (non-hydrogen) atoms. The number of nitro benzene ring substituents is 1. The fraction of sp³-hybridized carbons (Fsp3) is 0. The molecule has 9 heteroatoms. The van der Waals surface area contributed by atoms with Gasteiger partial charge in [-0.2, -0.15) is 5.10 Å². The summed E-state index contributed by atoms with van der Waals surface area (Å²) in [4.78, 5) is 33.7. The molecule has 0 radical (unpaired) electrons. The lowest BCUT2D eigenvalue weighted by atomic mass is 10.2. The summed E-state index contributed by atoms with van der Waals surface area (Å²) in [5.41, 5.74) is 2.50. The number of nitrogens with one attached hydrogen (secondary N) is 2. The monoisotopic (exact) mass is 390 g/mol. The minimum Gasteiger partial charge on any atom is -0.318 e. The van der Waals surface area contributed by atoms with Crippen molar-refractivity contribution in [1.29, 1.82) is 0 Å². The second-order valence-electron chi connectivity index (χ2n) is 4.48. The van der Waals surface area contributed by atoms with Crippen molar-refractivity contribution >= 4 is 45.3 Å². The highest BCUT2D eigenvalue weighted by atomic mass is 79.9. The number of nitro groups is 1. The summed E-state index contributed by atoms with van der Waals surface area (Å²) < 4.78 is 0.745. The van der Waals surface area contributed by atoms with Crippen LogP contribution in [0.3, 0.4) is 0 Å². The summed E-state index contributed by atoms with van der Waals surface area (Å²) in [5, 5.41) is 16.8. The van der Waals surface area contributed by atoms with Gasteiger partial charge >= 0.3 is 11.8 Å². The van der Waals surface area contributed by atoms with Gasteiger partial charge in [-0.25, -0.2) is 5.43 Å². The van der Waals surface area contributed by atoms with Gasteiger partial charge in [0.05, 0.1) is 16.7 Å². The number of carbonyl (C=O) groups excluding carboxylic acids is 2. The zero-order valence-corrected chi connectivity index (χ0v) is 13.7. The number of carbonyl (C=O) groups is 2. The number of anilines is 1. The van der Waals surface area contributed by atoms with Crippen molar-refractivity contribution in [2.75, 3.05) is 5.32 Å². The average molecular weight is 391 g/mol. The van der Waals surface area contributed by atoms with E-state index in [0.29, 0.717) is 5.69 Å². The van der Waals surface area contributed by atoms with Crippen LogP contribution in [0.15, 0.2) is 58.1 Å². The molecular formula is C15H11BrN4O4. The fourth-order valence-corrected chi connectivity index (χ4v) is 2.13. The first-order valence-electron chi connectivity index (χ1n) is 6.61. The predicted molar refractivity (Wildman–Crippen MR) is 91.6 cm³/mol. The number of hydrazone groups is 1. The van der Waals surface area contributed by atoms with Crippen molar-refractivity contribution in [2.45, 2.75) is 0 Å². The molecule has 0 aliphatic rings. The first kappa shape index (κ1) is 17.3. The van der Waals surface area contributed by atoms with Crippen LogP contribution in [0.25, 0.3) is 0 Å². The number of halogens is 1. The van der Waals surface area contributed by atoms with Gasteiger partial charge < -0.3 is 5.32 Å². The second kappa shape index (κ2) is 7.97. The molecule has 122 valence electrons. The smallest absolute Gasteiger partial charge is 0.318 e. The normalized spacial score (nSPS) is 10.4. The maximum atomic E-state index is 11.7. The van der Waals surface area contributed by atoms with Gasteiger partial charge in [0.15, 0.2) is 0 Å². The summed E-state index contributed by atoms with van der Waals surface area (Å²) in [6.45, 7) is 0. The molecule has 0 aliphatic heterocycles. The molecule has 2 rings (SSSR count). The number of para-hydroxylation sites is 1. The number of hydrogen-bond donors (Lipinski definition) is 2. The molecule has 2 aromatic carbocycles. The lowest BCUT2D eigenvalue weighted by Crippen LogP contribution is -2.32. The molecule has 0 fully saturated rings. The van der Waals surface area contributed by atoms with E-state index in [-0.39, 0.29) is 11.3 Å². The van der Waals surface area contributed by atoms with Gasteiger partial charge in [0.2, 0.25) is 0 Å². The maximum absolute atomic E-state index is 11.7. The summed E-state index contributed by atoms with van der Waals surface area (Å²) in [7, 11) is 0. The molecule has 0 heterocycles. The van der Waals surface area contributed by atoms with Crippen LogP contribution in [0, 0.1) is 10.1 Å². The molecule has 0 aromatic heterocycles. The van der Waals surface area contributed by atoms with Crippen LogP contribution in [0.4, 0.5) is 11.4 Å². The van der Waals surface area contributed by atoms with Crippen molar-refractivity contribution in [3.8, 4) is 0 Å². The average Bonchev–Trinajstić information content (AvgIpc) is 2.55. The fourth-order valence-electron chi connectivity index (χ4n) is 1.73. The Hall–Kier alpha value is -3.07. The Kier molecular flexibility index (Phi) is 5.74. The highest BCUT2D eigenvalue weighted by molar-refractivity contribution is 9.10. The third kappa shape index (κ3) is 4.71. The lowest BCUT2D eigenvalue weighted by Gasteiger charge is -2.04. The summed E-state index contributed by atoms with van der Waals surface area (Å²) in [5.74, 6) is -1.90. The molecule has 2 N–H and O–H groups in total. The van der Waals surface area contributed by atoms with Crippen LogP contribution in [-0.4, -0.2) is 23.0 Å². The molecular weight excluding hydrogens is 380 g/mol. The number of amides is 2. The number of nitrogens with zero attached hydrogens (tertiary/aromatic N) is 2. The Morgan fingerprint density at radius 1 is 1.12 bits per heavy atom. The van der Waals surface area contributed by atoms with Crippen molar-refractivity contribution in [3.05, 3.63) is 68.7 Å². The third-order valence-electron chi connectivity index (χ3n) is 2.79. The molecule has 8 nitrogen and oxygen atoms in total. The van der Waals surface area contributed by atoms with Gasteiger partial charge in [0.1, 0.15) is 0 Å². The van der Waals surface area contributed by atoms with Crippen LogP contribution in [0.5, 0.6) is 0 Å². The summed E-state index contributed by atoms with van der Waals surface area (Å²) in [6.07, 6.45) is 1.10. The summed E-state index contributed by atoms with van der Waals surface area (Å²) >= 11 is 3.24. The third-order valence-corrected chi connectivity index (χ3v) is 3.29. The van der Waals surface area contributed by atoms with E-state index in [1.165, 1.54) is 18.2 Å². The second-order valence-corrected chi connectivity index (χ2v) is 5.40. The van der Waals surface area contributed by atoms with E-state index in [4.69, 9.17) is 0 Å². The van der Waals surface area contributed by atoms with E-state index in [1.54, 1.807) is 30.3 Å². The van der Waals surface area contributed by atoms with Crippen LogP contribution in [0.2, 0.25) is 0 Å². The largest absolute Gasteiger partial charge is 0.329 e. The Morgan fingerprint density at radius 2 is 1.88 bits per heavy atom. The molecule has 2 aromatic rings. The molecule has 0 unspecified atom stereocenters. The van der Waals surface area contributed by atoms with Gasteiger partial charge in [-0.15, -0.1) is 0 Å². The van der Waals surface area contributed by atoms with Crippen LogP contribution in [0.1, 0.15) is 5.56 Å². The van der Waals surface area contributed by atoms with Gasteiger partial charge in [0.25, 0.3) is 5.69 Å². The predicted octanol–water partition coefficient (Wildman–Crippen LogP) is 2.45. The zero-order valence-electron chi connectivity index (χ0n) is 12.1. The topological polar surface area (TPSA) is 114 Å². The minimum absolute atomic E-state index is 0.158. The number of rotatable bonds is 4. The Labute approximate surface area is 144 Å². The quantitative estimate of drug-likeness (QED) is 0.361. The van der Waals surface area contributed by atoms with E-state index >= 15 is 0 Å². The number of benzene rings is 2. The van der Waals surface area contributed by atoms with Crippen molar-refractivity contribution < 1.29 is 14.5 Å². The van der Waals surface area contributed by atoms with Crippen LogP contribution < -0.4 is 10.7 Å². The van der Waals surface area contributed by atoms with E-state index in [2.05, 4.69) is 26.3 Å². The summed E-state index contributed by atoms with van der Waals surface area (Å²) in [6, 6.07) is 12.6. The van der Waals surface area contributed by atoms with Gasteiger partial charge in [-0.3, -0.25) is 19.7 Å². The number of hydrogen-bond acceptors (Lipinski definition) is 5. The van der Waals surface area contributed by atoms with Crippen LogP contribution >= 0.6 is 15.9 Å². The molecule has 0 saturated carbocycles. The SMILES string of the molecule is O=C(N/N=C/c1ccccc1[N+](=O)[O-])C(=O)Nc1cccc(Br)c1. The molecule has 0 aliphatic carbocycles. The Bertz CT molecular complexity index is 823. The van der Waals surface area contributed by atoms with Gasteiger partial charge in [0, 0.05) is 16.2 Å². The van der Waals surface area contributed by atoms with E-state index in [1.807, 2.05) is 5.43 Å². The highest BCUT2D eigenvalue weighted by Gasteiger charge is 2.14. The van der Waals surface area contributed by atoms with E-state index < -0.39 is 16.7 Å². The zero-order chi connectivity index (χ0) is 17.5. The van der Waals surface area contributed by atoms with Crippen molar-refractivity contribution in [1.82, 2.24) is 5.43 Å². The van der Waals surface area contributed by atoms with Crippen molar-refractivity contribution in [2.24, 2.45) is 5.10 Å². The van der Waals surface area contributed by atoms with Crippen LogP contribution in [-0.2, 0) is 9.59 Å². The van der Waals surface area contributed by atoms with E-state index in [9.17, 15) is 19.7 Å². The molecule has 0 spiro atoms. The first-order chi connectivity index (χ1) is 11.5. The first-order valence-corrected chi connectivity index (χ1v) is 7.40. The van der Waals surface area contributed by atoms with Gasteiger partial charge in [-0.1, -0.05) is 34.1 Å². The molecule has 2 amide bonds. The molecule has 0 saturated heterocycles. The van der Waals surface area contributed by atoms with Crippen molar-refractivity contribution in [3.63, 3.8) is 0 Å². The van der Waals surface area contributed by atoms with Gasteiger partial charge in [-0.05, 0) is 24.3 Å². The highest BCUT2D eigenvalue weighted by Crippen LogP contribution is 2.16.